The van der Waals surface area contributed by atoms with Gasteiger partial charge in [0, 0.05) is 17.9 Å². The van der Waals surface area contributed by atoms with Gasteiger partial charge in [-0.05, 0) is 31.0 Å². The first kappa shape index (κ1) is 12.8. The minimum absolute atomic E-state index is 0.00501. The smallest absolute Gasteiger partial charge is 0.188 e. The van der Waals surface area contributed by atoms with Gasteiger partial charge >= 0.3 is 0 Å². The molecule has 1 aromatic carbocycles. The first-order valence-electron chi connectivity index (χ1n) is 5.65. The first-order chi connectivity index (χ1) is 8.52. The van der Waals surface area contributed by atoms with Gasteiger partial charge in [0.25, 0.3) is 0 Å². The molecule has 0 aliphatic heterocycles. The first-order valence-corrected chi connectivity index (χ1v) is 6.53. The highest BCUT2D eigenvalue weighted by Gasteiger charge is 2.14. The average Bonchev–Trinajstić information content (AvgIpc) is 2.77. The fourth-order valence-electron chi connectivity index (χ4n) is 1.97. The Hall–Kier alpha value is -1.68. The standard InChI is InChI=1S/C14H15NO2S/c1-8-5-9(2)13(17-4)11(6-8)12-7-18-14(15-12)10(3)16/h5-7H,1-4H3. The van der Waals surface area contributed by atoms with Crippen molar-refractivity contribution in [1.82, 2.24) is 4.98 Å². The Kier molecular flexibility index (Phi) is 3.48. The predicted octanol–water partition coefficient (Wildman–Crippen LogP) is 3.64. The van der Waals surface area contributed by atoms with Crippen molar-refractivity contribution in [3.8, 4) is 17.0 Å². The van der Waals surface area contributed by atoms with E-state index in [0.29, 0.717) is 5.01 Å². The number of thiazole rings is 1. The Morgan fingerprint density at radius 1 is 1.33 bits per heavy atom. The summed E-state index contributed by atoms with van der Waals surface area (Å²) in [5.74, 6) is 0.815. The third-order valence-electron chi connectivity index (χ3n) is 2.70. The number of ketones is 1. The van der Waals surface area contributed by atoms with Crippen molar-refractivity contribution in [3.63, 3.8) is 0 Å². The quantitative estimate of drug-likeness (QED) is 0.792. The van der Waals surface area contributed by atoms with E-state index in [9.17, 15) is 4.79 Å². The Bertz CT molecular complexity index is 602. The van der Waals surface area contributed by atoms with Crippen molar-refractivity contribution < 1.29 is 9.53 Å². The van der Waals surface area contributed by atoms with E-state index in [-0.39, 0.29) is 5.78 Å². The molecule has 94 valence electrons. The highest BCUT2D eigenvalue weighted by Crippen LogP contribution is 2.34. The second kappa shape index (κ2) is 4.90. The second-order valence-corrected chi connectivity index (χ2v) is 5.11. The molecule has 0 atom stereocenters. The Morgan fingerprint density at radius 3 is 2.61 bits per heavy atom. The third-order valence-corrected chi connectivity index (χ3v) is 3.65. The number of aromatic nitrogens is 1. The van der Waals surface area contributed by atoms with Crippen molar-refractivity contribution in [2.45, 2.75) is 20.8 Å². The summed E-state index contributed by atoms with van der Waals surface area (Å²) < 4.78 is 5.43. The SMILES string of the molecule is COc1c(C)cc(C)cc1-c1csc(C(C)=O)n1. The number of carbonyl (C=O) groups is 1. The molecular weight excluding hydrogens is 246 g/mol. The summed E-state index contributed by atoms with van der Waals surface area (Å²) in [4.78, 5) is 15.7. The minimum Gasteiger partial charge on any atom is -0.496 e. The molecule has 0 saturated heterocycles. The number of carbonyl (C=O) groups excluding carboxylic acids is 1. The van der Waals surface area contributed by atoms with E-state index in [2.05, 4.69) is 11.1 Å². The molecule has 0 radical (unpaired) electrons. The average molecular weight is 261 g/mol. The Labute approximate surface area is 110 Å². The second-order valence-electron chi connectivity index (χ2n) is 4.26. The number of nitrogens with zero attached hydrogens (tertiary/aromatic N) is 1. The molecule has 0 aliphatic carbocycles. The zero-order chi connectivity index (χ0) is 13.3. The molecule has 2 rings (SSSR count). The summed E-state index contributed by atoms with van der Waals surface area (Å²) in [5.41, 5.74) is 3.97. The van der Waals surface area contributed by atoms with Gasteiger partial charge in [0.1, 0.15) is 5.75 Å². The molecule has 0 unspecified atom stereocenters. The van der Waals surface area contributed by atoms with Gasteiger partial charge < -0.3 is 4.74 Å². The Balaban J connectivity index is 2.58. The maximum atomic E-state index is 11.3. The number of hydrogen-bond donors (Lipinski definition) is 0. The summed E-state index contributed by atoms with van der Waals surface area (Å²) in [6.07, 6.45) is 0. The zero-order valence-electron chi connectivity index (χ0n) is 10.9. The van der Waals surface area contributed by atoms with Crippen molar-refractivity contribution >= 4 is 17.1 Å². The van der Waals surface area contributed by atoms with Crippen LogP contribution in [-0.2, 0) is 0 Å². The number of ether oxygens (including phenoxy) is 1. The largest absolute Gasteiger partial charge is 0.496 e. The lowest BCUT2D eigenvalue weighted by atomic mass is 10.0. The van der Waals surface area contributed by atoms with E-state index in [0.717, 1.165) is 28.1 Å². The monoisotopic (exact) mass is 261 g/mol. The molecule has 0 saturated carbocycles. The van der Waals surface area contributed by atoms with Crippen molar-refractivity contribution in [3.05, 3.63) is 33.6 Å². The van der Waals surface area contributed by atoms with Crippen molar-refractivity contribution in [1.29, 1.82) is 0 Å². The lowest BCUT2D eigenvalue weighted by Gasteiger charge is -2.11. The molecule has 1 aromatic heterocycles. The van der Waals surface area contributed by atoms with Crippen LogP contribution in [0.5, 0.6) is 5.75 Å². The van der Waals surface area contributed by atoms with Crippen LogP contribution < -0.4 is 4.74 Å². The lowest BCUT2D eigenvalue weighted by Crippen LogP contribution is -1.94. The van der Waals surface area contributed by atoms with Gasteiger partial charge in [-0.1, -0.05) is 6.07 Å². The summed E-state index contributed by atoms with van der Waals surface area (Å²) >= 11 is 1.37. The van der Waals surface area contributed by atoms with Gasteiger partial charge in [0.2, 0.25) is 0 Å². The highest BCUT2D eigenvalue weighted by atomic mass is 32.1. The normalized spacial score (nSPS) is 10.4. The van der Waals surface area contributed by atoms with Crippen molar-refractivity contribution in [2.75, 3.05) is 7.11 Å². The molecule has 18 heavy (non-hydrogen) atoms. The molecule has 2 aromatic rings. The van der Waals surface area contributed by atoms with Crippen LogP contribution in [0.4, 0.5) is 0 Å². The van der Waals surface area contributed by atoms with E-state index >= 15 is 0 Å². The summed E-state index contributed by atoms with van der Waals surface area (Å²) in [7, 11) is 1.65. The predicted molar refractivity (Wildman–Crippen MR) is 73.6 cm³/mol. The van der Waals surface area contributed by atoms with Crippen LogP contribution in [-0.4, -0.2) is 17.9 Å². The van der Waals surface area contributed by atoms with Crippen molar-refractivity contribution in [2.24, 2.45) is 0 Å². The van der Waals surface area contributed by atoms with Gasteiger partial charge in [0.15, 0.2) is 10.8 Å². The van der Waals surface area contributed by atoms with Gasteiger partial charge in [-0.15, -0.1) is 11.3 Å². The lowest BCUT2D eigenvalue weighted by molar-refractivity contribution is 0.101. The molecule has 1 heterocycles. The van der Waals surface area contributed by atoms with Gasteiger partial charge in [-0.2, -0.15) is 0 Å². The van der Waals surface area contributed by atoms with Crippen LogP contribution >= 0.6 is 11.3 Å². The highest BCUT2D eigenvalue weighted by molar-refractivity contribution is 7.12. The van der Waals surface area contributed by atoms with Crippen LogP contribution in [0, 0.1) is 13.8 Å². The zero-order valence-corrected chi connectivity index (χ0v) is 11.7. The molecule has 0 aliphatic rings. The van der Waals surface area contributed by atoms with E-state index in [1.807, 2.05) is 25.3 Å². The van der Waals surface area contributed by atoms with E-state index in [1.54, 1.807) is 7.11 Å². The number of hydrogen-bond acceptors (Lipinski definition) is 4. The molecule has 0 N–H and O–H groups in total. The molecule has 0 bridgehead atoms. The minimum atomic E-state index is -0.00501. The van der Waals surface area contributed by atoms with Gasteiger partial charge in [-0.3, -0.25) is 4.79 Å². The maximum Gasteiger partial charge on any atom is 0.188 e. The maximum absolute atomic E-state index is 11.3. The van der Waals surface area contributed by atoms with Crippen LogP contribution in [0.25, 0.3) is 11.3 Å². The summed E-state index contributed by atoms with van der Waals surface area (Å²) in [5, 5.41) is 2.43. The number of benzene rings is 1. The Morgan fingerprint density at radius 2 is 2.06 bits per heavy atom. The molecule has 0 amide bonds. The van der Waals surface area contributed by atoms with E-state index < -0.39 is 0 Å². The third kappa shape index (κ3) is 2.29. The van der Waals surface area contributed by atoms with E-state index in [1.165, 1.54) is 18.3 Å². The number of rotatable bonds is 3. The van der Waals surface area contributed by atoms with E-state index in [4.69, 9.17) is 4.74 Å². The fraction of sp³-hybridized carbons (Fsp3) is 0.286. The van der Waals surface area contributed by atoms with Crippen LogP contribution in [0.2, 0.25) is 0 Å². The summed E-state index contributed by atoms with van der Waals surface area (Å²) in [6, 6.07) is 4.10. The van der Waals surface area contributed by atoms with Crippen LogP contribution in [0.1, 0.15) is 27.9 Å². The topological polar surface area (TPSA) is 39.2 Å². The molecule has 0 spiro atoms. The fourth-order valence-corrected chi connectivity index (χ4v) is 2.69. The number of aryl methyl sites for hydroxylation is 2. The number of methoxy groups -OCH3 is 1. The number of Topliss-reactive ketones (excluding diaryl/α,β-unsaturated/α-hetero) is 1. The molecule has 3 nitrogen and oxygen atoms in total. The van der Waals surface area contributed by atoms with Gasteiger partial charge in [0.05, 0.1) is 12.8 Å². The molecular formula is C14H15NO2S. The molecule has 0 fully saturated rings. The van der Waals surface area contributed by atoms with Crippen LogP contribution in [0.3, 0.4) is 0 Å². The van der Waals surface area contributed by atoms with Crippen LogP contribution in [0.15, 0.2) is 17.5 Å². The molecule has 4 heteroatoms. The van der Waals surface area contributed by atoms with Gasteiger partial charge in [-0.25, -0.2) is 4.98 Å². The summed E-state index contributed by atoms with van der Waals surface area (Å²) in [6.45, 7) is 5.57.